The predicted octanol–water partition coefficient (Wildman–Crippen LogP) is 0.939. The van der Waals surface area contributed by atoms with E-state index >= 15 is 0 Å². The first-order valence-electron chi connectivity index (χ1n) is 7.79. The van der Waals surface area contributed by atoms with Gasteiger partial charge in [0.05, 0.1) is 24.7 Å². The monoisotopic (exact) mass is 384 g/mol. The number of rotatable bonds is 5. The zero-order valence-corrected chi connectivity index (χ0v) is 15.7. The van der Waals surface area contributed by atoms with Crippen LogP contribution in [0.3, 0.4) is 0 Å². The van der Waals surface area contributed by atoms with Gasteiger partial charge in [-0.15, -0.1) is 0 Å². The average molecular weight is 384 g/mol. The summed E-state index contributed by atoms with van der Waals surface area (Å²) in [6, 6.07) is 7.40. The normalized spacial score (nSPS) is 26.0. The van der Waals surface area contributed by atoms with E-state index in [2.05, 4.69) is 4.99 Å². The lowest BCUT2D eigenvalue weighted by atomic mass is 10.1. The number of hydrogen-bond donors (Lipinski definition) is 0. The van der Waals surface area contributed by atoms with Crippen molar-refractivity contribution in [2.45, 2.75) is 17.8 Å². The fourth-order valence-corrected chi connectivity index (χ4v) is 6.98. The maximum absolute atomic E-state index is 12.0. The molecule has 3 rings (SSSR count). The molecule has 136 valence electrons. The van der Waals surface area contributed by atoms with Crippen molar-refractivity contribution < 1.29 is 22.7 Å². The van der Waals surface area contributed by atoms with Crippen molar-refractivity contribution in [3.05, 3.63) is 29.8 Å². The Hall–Kier alpha value is -1.58. The molecule has 2 heterocycles. The van der Waals surface area contributed by atoms with Crippen LogP contribution in [-0.2, 0) is 25.9 Å². The first kappa shape index (κ1) is 18.2. The lowest BCUT2D eigenvalue weighted by molar-refractivity contribution is -0.121. The number of methoxy groups -OCH3 is 2. The topological polar surface area (TPSA) is 85.3 Å². The second-order valence-corrected chi connectivity index (χ2v) is 9.36. The van der Waals surface area contributed by atoms with E-state index in [0.717, 1.165) is 11.3 Å². The number of ether oxygens (including phenoxy) is 2. The van der Waals surface area contributed by atoms with Gasteiger partial charge in [-0.05, 0) is 17.7 Å². The van der Waals surface area contributed by atoms with Gasteiger partial charge in [-0.25, -0.2) is 8.42 Å². The number of amidine groups is 1. The number of aliphatic imine (C=N–C) groups is 1. The van der Waals surface area contributed by atoms with Gasteiger partial charge in [0.1, 0.15) is 12.4 Å². The molecule has 9 heteroatoms. The van der Waals surface area contributed by atoms with Crippen LogP contribution in [0.1, 0.15) is 5.56 Å². The third kappa shape index (κ3) is 4.16. The molecular weight excluding hydrogens is 364 g/mol. The summed E-state index contributed by atoms with van der Waals surface area (Å²) in [4.78, 5) is 17.9. The molecule has 2 aliphatic heterocycles. The SMILES string of the molecule is COCC(=O)N=C1S[C@@H]2CS(=O)(=O)C[C@H]2N1Cc1ccc(OC)cc1. The summed E-state index contributed by atoms with van der Waals surface area (Å²) in [5.74, 6) is 0.606. The van der Waals surface area contributed by atoms with Crippen molar-refractivity contribution in [1.29, 1.82) is 0 Å². The van der Waals surface area contributed by atoms with Crippen molar-refractivity contribution in [3.8, 4) is 5.75 Å². The van der Waals surface area contributed by atoms with Crippen LogP contribution in [0.15, 0.2) is 29.3 Å². The van der Waals surface area contributed by atoms with E-state index in [4.69, 9.17) is 9.47 Å². The summed E-state index contributed by atoms with van der Waals surface area (Å²) in [6.07, 6.45) is 0. The summed E-state index contributed by atoms with van der Waals surface area (Å²) in [6.45, 7) is 0.404. The smallest absolute Gasteiger partial charge is 0.274 e. The molecule has 0 unspecified atom stereocenters. The predicted molar refractivity (Wildman–Crippen MR) is 96.7 cm³/mol. The number of fused-ring (bicyclic) bond motifs is 1. The lowest BCUT2D eigenvalue weighted by Crippen LogP contribution is -2.37. The van der Waals surface area contributed by atoms with Crippen molar-refractivity contribution in [2.75, 3.05) is 32.3 Å². The Balaban J connectivity index is 1.84. The Morgan fingerprint density at radius 3 is 2.64 bits per heavy atom. The highest BCUT2D eigenvalue weighted by Gasteiger charge is 2.48. The number of hydrogen-bond acceptors (Lipinski definition) is 6. The molecule has 1 aromatic rings. The number of amides is 1. The van der Waals surface area contributed by atoms with Crippen molar-refractivity contribution in [3.63, 3.8) is 0 Å². The molecular formula is C16H20N2O5S2. The van der Waals surface area contributed by atoms with Crippen LogP contribution in [0.5, 0.6) is 5.75 Å². The highest BCUT2D eigenvalue weighted by molar-refractivity contribution is 8.15. The standard InChI is InChI=1S/C16H20N2O5S2/c1-22-8-15(19)17-16-18(7-11-3-5-12(23-2)6-4-11)13-9-25(20,21)10-14(13)24-16/h3-6,13-14H,7-10H2,1-2H3/t13-,14-/m1/s1. The molecule has 25 heavy (non-hydrogen) atoms. The van der Waals surface area contributed by atoms with E-state index < -0.39 is 9.84 Å². The van der Waals surface area contributed by atoms with Gasteiger partial charge in [0.15, 0.2) is 15.0 Å². The summed E-state index contributed by atoms with van der Waals surface area (Å²) < 4.78 is 33.9. The largest absolute Gasteiger partial charge is 0.497 e. The van der Waals surface area contributed by atoms with Gasteiger partial charge in [-0.2, -0.15) is 4.99 Å². The van der Waals surface area contributed by atoms with Crippen LogP contribution in [-0.4, -0.2) is 68.0 Å². The molecule has 7 nitrogen and oxygen atoms in total. The number of thioether (sulfide) groups is 1. The highest BCUT2D eigenvalue weighted by Crippen LogP contribution is 2.39. The zero-order valence-electron chi connectivity index (χ0n) is 14.0. The number of benzene rings is 1. The Kier molecular flexibility index (Phi) is 5.35. The molecule has 0 radical (unpaired) electrons. The van der Waals surface area contributed by atoms with Crippen LogP contribution < -0.4 is 4.74 Å². The second-order valence-electron chi connectivity index (χ2n) is 6.00. The number of sulfone groups is 1. The summed E-state index contributed by atoms with van der Waals surface area (Å²) >= 11 is 1.37. The molecule has 0 aliphatic carbocycles. The second kappa shape index (κ2) is 7.35. The van der Waals surface area contributed by atoms with Gasteiger partial charge in [-0.1, -0.05) is 23.9 Å². The van der Waals surface area contributed by atoms with Crippen LogP contribution >= 0.6 is 11.8 Å². The van der Waals surface area contributed by atoms with E-state index in [9.17, 15) is 13.2 Å². The number of nitrogens with zero attached hydrogens (tertiary/aromatic N) is 2. The summed E-state index contributed by atoms with van der Waals surface area (Å²) in [5, 5.41) is 0.486. The molecule has 2 aliphatic rings. The third-order valence-electron chi connectivity index (χ3n) is 4.17. The zero-order chi connectivity index (χ0) is 18.0. The van der Waals surface area contributed by atoms with Gasteiger partial charge in [0.2, 0.25) is 0 Å². The maximum Gasteiger partial charge on any atom is 0.274 e. The van der Waals surface area contributed by atoms with Crippen molar-refractivity contribution in [1.82, 2.24) is 4.90 Å². The molecule has 2 saturated heterocycles. The minimum Gasteiger partial charge on any atom is -0.497 e. The van der Waals surface area contributed by atoms with Crippen LogP contribution in [0, 0.1) is 0 Å². The molecule has 0 aromatic heterocycles. The Morgan fingerprint density at radius 1 is 1.28 bits per heavy atom. The molecule has 0 bridgehead atoms. The van der Waals surface area contributed by atoms with E-state index in [1.165, 1.54) is 18.9 Å². The molecule has 2 atom stereocenters. The van der Waals surface area contributed by atoms with Crippen LogP contribution in [0.25, 0.3) is 0 Å². The summed E-state index contributed by atoms with van der Waals surface area (Å²) in [7, 11) is -0.00638. The average Bonchev–Trinajstić information content (AvgIpc) is 3.01. The fraction of sp³-hybridized carbons (Fsp3) is 0.500. The Morgan fingerprint density at radius 2 is 2.00 bits per heavy atom. The van der Waals surface area contributed by atoms with E-state index in [1.807, 2.05) is 29.2 Å². The van der Waals surface area contributed by atoms with E-state index in [0.29, 0.717) is 11.7 Å². The maximum atomic E-state index is 12.0. The lowest BCUT2D eigenvalue weighted by Gasteiger charge is -2.24. The Labute approximate surface area is 151 Å². The fourth-order valence-electron chi connectivity index (χ4n) is 3.01. The highest BCUT2D eigenvalue weighted by atomic mass is 32.2. The molecule has 1 amide bonds. The molecule has 2 fully saturated rings. The third-order valence-corrected chi connectivity index (χ3v) is 7.42. The van der Waals surface area contributed by atoms with Gasteiger partial charge < -0.3 is 14.4 Å². The van der Waals surface area contributed by atoms with E-state index in [-0.39, 0.29) is 35.3 Å². The van der Waals surface area contributed by atoms with Crippen LogP contribution in [0.2, 0.25) is 0 Å². The van der Waals surface area contributed by atoms with Crippen molar-refractivity contribution in [2.24, 2.45) is 4.99 Å². The first-order chi connectivity index (χ1) is 11.9. The molecule has 0 spiro atoms. The van der Waals surface area contributed by atoms with Crippen molar-refractivity contribution >= 4 is 32.7 Å². The minimum absolute atomic E-state index is 0.0858. The number of carbonyl (C=O) groups excluding carboxylic acids is 1. The van der Waals surface area contributed by atoms with Gasteiger partial charge in [0, 0.05) is 18.9 Å². The van der Waals surface area contributed by atoms with Gasteiger partial charge >= 0.3 is 0 Å². The molecule has 0 N–H and O–H groups in total. The number of carbonyl (C=O) groups is 1. The van der Waals surface area contributed by atoms with E-state index in [1.54, 1.807) is 7.11 Å². The quantitative estimate of drug-likeness (QED) is 0.747. The molecule has 0 saturated carbocycles. The first-order valence-corrected chi connectivity index (χ1v) is 10.5. The van der Waals surface area contributed by atoms with Gasteiger partial charge in [0.25, 0.3) is 5.91 Å². The van der Waals surface area contributed by atoms with Gasteiger partial charge in [-0.3, -0.25) is 4.79 Å². The minimum atomic E-state index is -3.05. The Bertz CT molecular complexity index is 776. The molecule has 1 aromatic carbocycles. The summed E-state index contributed by atoms with van der Waals surface area (Å²) in [5.41, 5.74) is 0.998. The van der Waals surface area contributed by atoms with Crippen LogP contribution in [0.4, 0.5) is 0 Å².